The van der Waals surface area contributed by atoms with Crippen molar-refractivity contribution in [1.82, 2.24) is 0 Å². The van der Waals surface area contributed by atoms with Crippen LogP contribution in [0, 0.1) is 0 Å². The van der Waals surface area contributed by atoms with E-state index in [9.17, 15) is 14.7 Å². The first-order valence-corrected chi connectivity index (χ1v) is 4.82. The molecule has 0 radical (unpaired) electrons. The van der Waals surface area contributed by atoms with E-state index in [4.69, 9.17) is 10.8 Å². The fourth-order valence-electron chi connectivity index (χ4n) is 1.28. The average Bonchev–Trinajstić information content (AvgIpc) is 2.36. The Hall–Kier alpha value is -1.92. The van der Waals surface area contributed by atoms with Crippen molar-refractivity contribution < 1.29 is 24.5 Å². The maximum Gasteiger partial charge on any atom is 0.337 e. The van der Waals surface area contributed by atoms with Gasteiger partial charge >= 0.3 is 11.9 Å². The van der Waals surface area contributed by atoms with E-state index < -0.39 is 24.1 Å². The number of benzene rings is 1. The Labute approximate surface area is 97.6 Å². The summed E-state index contributed by atoms with van der Waals surface area (Å²) in [5, 5.41) is 18.3. The normalized spacial score (nSPS) is 13.8. The lowest BCUT2D eigenvalue weighted by atomic mass is 10.0. The minimum absolute atomic E-state index is 0.312. The van der Waals surface area contributed by atoms with Crippen molar-refractivity contribution in [2.45, 2.75) is 12.1 Å². The van der Waals surface area contributed by atoms with Gasteiger partial charge < -0.3 is 20.7 Å². The molecule has 17 heavy (non-hydrogen) atoms. The van der Waals surface area contributed by atoms with Gasteiger partial charge in [-0.25, -0.2) is 4.79 Å². The van der Waals surface area contributed by atoms with Crippen LogP contribution in [0.25, 0.3) is 0 Å². The summed E-state index contributed by atoms with van der Waals surface area (Å²) in [6.07, 6.45) is -1.32. The highest BCUT2D eigenvalue weighted by atomic mass is 16.5. The van der Waals surface area contributed by atoms with Crippen LogP contribution >= 0.6 is 0 Å². The van der Waals surface area contributed by atoms with Gasteiger partial charge in [0.05, 0.1) is 12.7 Å². The molecular formula is C11H13NO5. The van der Waals surface area contributed by atoms with Crippen LogP contribution in [0.4, 0.5) is 0 Å². The van der Waals surface area contributed by atoms with E-state index in [1.165, 1.54) is 31.4 Å². The summed E-state index contributed by atoms with van der Waals surface area (Å²) in [6.45, 7) is 0. The zero-order chi connectivity index (χ0) is 13.0. The van der Waals surface area contributed by atoms with Crippen LogP contribution in [0.3, 0.4) is 0 Å². The zero-order valence-electron chi connectivity index (χ0n) is 9.16. The lowest BCUT2D eigenvalue weighted by molar-refractivity contribution is -0.141. The van der Waals surface area contributed by atoms with Crippen molar-refractivity contribution in [1.29, 1.82) is 0 Å². The van der Waals surface area contributed by atoms with Gasteiger partial charge in [0.15, 0.2) is 0 Å². The minimum Gasteiger partial charge on any atom is -0.480 e. The Kier molecular flexibility index (Phi) is 4.19. The second kappa shape index (κ2) is 5.42. The fraction of sp³-hybridized carbons (Fsp3) is 0.273. The van der Waals surface area contributed by atoms with Crippen molar-refractivity contribution in [3.05, 3.63) is 35.4 Å². The van der Waals surface area contributed by atoms with Gasteiger partial charge in [0.25, 0.3) is 0 Å². The number of carbonyl (C=O) groups excluding carboxylic acids is 1. The summed E-state index contributed by atoms with van der Waals surface area (Å²) >= 11 is 0. The maximum absolute atomic E-state index is 11.1. The predicted octanol–water partition coefficient (Wildman–Crippen LogP) is -0.0815. The third-order valence-electron chi connectivity index (χ3n) is 2.30. The molecule has 0 saturated heterocycles. The first-order chi connectivity index (χ1) is 7.97. The van der Waals surface area contributed by atoms with Crippen molar-refractivity contribution in [2.75, 3.05) is 7.11 Å². The van der Waals surface area contributed by atoms with Crippen molar-refractivity contribution >= 4 is 11.9 Å². The van der Waals surface area contributed by atoms with E-state index in [1.54, 1.807) is 0 Å². The summed E-state index contributed by atoms with van der Waals surface area (Å²) in [5.41, 5.74) is 5.91. The first-order valence-electron chi connectivity index (χ1n) is 4.82. The number of rotatable bonds is 4. The highest BCUT2D eigenvalue weighted by molar-refractivity contribution is 5.89. The zero-order valence-corrected chi connectivity index (χ0v) is 9.16. The smallest absolute Gasteiger partial charge is 0.337 e. The third-order valence-corrected chi connectivity index (χ3v) is 2.30. The molecule has 2 atom stereocenters. The highest BCUT2D eigenvalue weighted by Crippen LogP contribution is 2.17. The Morgan fingerprint density at radius 3 is 2.24 bits per heavy atom. The van der Waals surface area contributed by atoms with Crippen molar-refractivity contribution in [3.8, 4) is 0 Å². The van der Waals surface area contributed by atoms with Crippen molar-refractivity contribution in [3.63, 3.8) is 0 Å². The number of aliphatic carboxylic acids is 1. The Balaban J connectivity index is 2.87. The molecule has 6 nitrogen and oxygen atoms in total. The standard InChI is InChI=1S/C11H13NO5/c1-17-11(16)7-4-2-6(3-5-7)9(13)8(12)10(14)15/h2-5,8-9,13H,12H2,1H3,(H,14,15). The number of ether oxygens (including phenoxy) is 1. The molecule has 0 fully saturated rings. The Morgan fingerprint density at radius 2 is 1.82 bits per heavy atom. The topological polar surface area (TPSA) is 110 Å². The van der Waals surface area contributed by atoms with Gasteiger partial charge in [-0.3, -0.25) is 4.79 Å². The number of methoxy groups -OCH3 is 1. The van der Waals surface area contributed by atoms with Crippen LogP contribution < -0.4 is 5.73 Å². The summed E-state index contributed by atoms with van der Waals surface area (Å²) in [6, 6.07) is 4.32. The van der Waals surface area contributed by atoms with Crippen LogP contribution in [-0.2, 0) is 9.53 Å². The van der Waals surface area contributed by atoms with E-state index in [2.05, 4.69) is 4.74 Å². The van der Waals surface area contributed by atoms with Gasteiger partial charge in [0.1, 0.15) is 12.1 Å². The number of carboxylic acid groups (broad SMARTS) is 1. The van der Waals surface area contributed by atoms with Crippen LogP contribution in [-0.4, -0.2) is 35.3 Å². The third kappa shape index (κ3) is 3.02. The average molecular weight is 239 g/mol. The monoisotopic (exact) mass is 239 g/mol. The van der Waals surface area contributed by atoms with E-state index >= 15 is 0 Å². The number of hydrogen-bond donors (Lipinski definition) is 3. The molecule has 0 aliphatic rings. The van der Waals surface area contributed by atoms with E-state index in [1.807, 2.05) is 0 Å². The number of aliphatic hydroxyl groups is 1. The van der Waals surface area contributed by atoms with Gasteiger partial charge in [-0.05, 0) is 17.7 Å². The Morgan fingerprint density at radius 1 is 1.29 bits per heavy atom. The second-order valence-corrected chi connectivity index (χ2v) is 3.42. The van der Waals surface area contributed by atoms with E-state index in [0.29, 0.717) is 11.1 Å². The predicted molar refractivity (Wildman–Crippen MR) is 58.4 cm³/mol. The van der Waals surface area contributed by atoms with E-state index in [0.717, 1.165) is 0 Å². The molecule has 1 rings (SSSR count). The molecule has 0 aromatic heterocycles. The molecule has 6 heteroatoms. The molecule has 1 aromatic rings. The van der Waals surface area contributed by atoms with Gasteiger partial charge in [0, 0.05) is 0 Å². The van der Waals surface area contributed by atoms with Crippen molar-refractivity contribution in [2.24, 2.45) is 5.73 Å². The second-order valence-electron chi connectivity index (χ2n) is 3.42. The molecule has 2 unspecified atom stereocenters. The number of nitrogens with two attached hydrogens (primary N) is 1. The molecule has 4 N–H and O–H groups in total. The number of hydrogen-bond acceptors (Lipinski definition) is 5. The van der Waals surface area contributed by atoms with Crippen LogP contribution in [0.15, 0.2) is 24.3 Å². The van der Waals surface area contributed by atoms with Gasteiger partial charge in [0.2, 0.25) is 0 Å². The SMILES string of the molecule is COC(=O)c1ccc(C(O)C(N)C(=O)O)cc1. The highest BCUT2D eigenvalue weighted by Gasteiger charge is 2.23. The summed E-state index contributed by atoms with van der Waals surface area (Å²) < 4.78 is 4.50. The molecule has 0 aliphatic heterocycles. The fourth-order valence-corrected chi connectivity index (χ4v) is 1.28. The summed E-state index contributed by atoms with van der Waals surface area (Å²) in [7, 11) is 1.26. The van der Waals surface area contributed by atoms with Gasteiger partial charge in [-0.2, -0.15) is 0 Å². The molecule has 0 spiro atoms. The molecule has 0 amide bonds. The molecule has 0 heterocycles. The number of carbonyl (C=O) groups is 2. The number of esters is 1. The molecule has 0 aliphatic carbocycles. The Bertz CT molecular complexity index is 414. The first kappa shape index (κ1) is 13.1. The number of carboxylic acids is 1. The van der Waals surface area contributed by atoms with Gasteiger partial charge in [-0.1, -0.05) is 12.1 Å². The lowest BCUT2D eigenvalue weighted by Gasteiger charge is -2.15. The minimum atomic E-state index is -1.40. The van der Waals surface area contributed by atoms with E-state index in [-0.39, 0.29) is 0 Å². The summed E-state index contributed by atoms with van der Waals surface area (Å²) in [5.74, 6) is -1.80. The summed E-state index contributed by atoms with van der Waals surface area (Å²) in [4.78, 5) is 21.7. The maximum atomic E-state index is 11.1. The molecule has 92 valence electrons. The van der Waals surface area contributed by atoms with Crippen LogP contribution in [0.1, 0.15) is 22.0 Å². The number of aliphatic hydroxyl groups excluding tert-OH is 1. The van der Waals surface area contributed by atoms with Crippen LogP contribution in [0.2, 0.25) is 0 Å². The molecule has 0 bridgehead atoms. The quantitative estimate of drug-likeness (QED) is 0.634. The molecule has 0 saturated carbocycles. The molecule has 1 aromatic carbocycles. The molecular weight excluding hydrogens is 226 g/mol. The lowest BCUT2D eigenvalue weighted by Crippen LogP contribution is -2.36. The largest absolute Gasteiger partial charge is 0.480 e. The van der Waals surface area contributed by atoms with Crippen LogP contribution in [0.5, 0.6) is 0 Å². The van der Waals surface area contributed by atoms with Gasteiger partial charge in [-0.15, -0.1) is 0 Å².